The summed E-state index contributed by atoms with van der Waals surface area (Å²) in [5, 5.41) is 5.83. The third-order valence-electron chi connectivity index (χ3n) is 8.22. The molecule has 6 rings (SSSR count). The third-order valence-corrected chi connectivity index (χ3v) is 8.22. The lowest BCUT2D eigenvalue weighted by Crippen LogP contribution is -2.51. The lowest BCUT2D eigenvalue weighted by Gasteiger charge is -2.37. The maximum Gasteiger partial charge on any atom is 0.277 e. The normalized spacial score (nSPS) is 17.0. The van der Waals surface area contributed by atoms with Gasteiger partial charge in [-0.1, -0.05) is 18.2 Å². The lowest BCUT2D eigenvalue weighted by molar-refractivity contribution is -0.127. The molecule has 224 valence electrons. The Morgan fingerprint density at radius 1 is 1.00 bits per heavy atom. The van der Waals surface area contributed by atoms with Crippen molar-refractivity contribution in [3.8, 4) is 0 Å². The number of rotatable bonds is 10. The highest BCUT2D eigenvalue weighted by Gasteiger charge is 2.31. The highest BCUT2D eigenvalue weighted by atomic mass is 16.3. The minimum absolute atomic E-state index is 0.0540. The van der Waals surface area contributed by atoms with E-state index in [1.165, 1.54) is 6.26 Å². The van der Waals surface area contributed by atoms with Gasteiger partial charge in [-0.25, -0.2) is 4.98 Å². The van der Waals surface area contributed by atoms with Gasteiger partial charge in [0.25, 0.3) is 11.8 Å². The molecule has 0 radical (unpaired) electrons. The minimum atomic E-state index is -0.449. The van der Waals surface area contributed by atoms with Gasteiger partial charge in [-0.2, -0.15) is 0 Å². The monoisotopic (exact) mass is 584 g/mol. The number of aromatic nitrogens is 1. The highest BCUT2D eigenvalue weighted by molar-refractivity contribution is 6.07. The summed E-state index contributed by atoms with van der Waals surface area (Å²) in [6.45, 7) is 4.93. The Kier molecular flexibility index (Phi) is 8.13. The number of likely N-dealkylation sites (tertiary alicyclic amines) is 1. The van der Waals surface area contributed by atoms with Crippen molar-refractivity contribution < 1.29 is 23.6 Å². The number of hydrogen-bond donors (Lipinski definition) is 2. The third kappa shape index (κ3) is 6.40. The van der Waals surface area contributed by atoms with Crippen LogP contribution in [0.4, 0.5) is 17.1 Å². The zero-order valence-corrected chi connectivity index (χ0v) is 24.3. The van der Waals surface area contributed by atoms with E-state index in [0.29, 0.717) is 61.8 Å². The number of nitrogens with zero attached hydrogens (tertiary/aromatic N) is 4. The molecule has 0 unspecified atom stereocenters. The number of carbonyl (C=O) groups is 4. The molecule has 1 aliphatic carbocycles. The van der Waals surface area contributed by atoms with E-state index in [1.54, 1.807) is 23.1 Å². The Morgan fingerprint density at radius 2 is 1.84 bits per heavy atom. The zero-order chi connectivity index (χ0) is 29.9. The van der Waals surface area contributed by atoms with E-state index in [0.717, 1.165) is 37.1 Å². The van der Waals surface area contributed by atoms with E-state index in [4.69, 9.17) is 4.42 Å². The Bertz CT molecular complexity index is 1550. The van der Waals surface area contributed by atoms with Crippen molar-refractivity contribution in [2.75, 3.05) is 54.4 Å². The number of hydrogen-bond acceptors (Lipinski definition) is 7. The average molecular weight is 585 g/mol. The van der Waals surface area contributed by atoms with E-state index < -0.39 is 5.91 Å². The molecule has 1 aromatic heterocycles. The van der Waals surface area contributed by atoms with Crippen LogP contribution in [0.1, 0.15) is 70.3 Å². The predicted molar refractivity (Wildman–Crippen MR) is 161 cm³/mol. The maximum atomic E-state index is 13.3. The Labute approximate surface area is 250 Å². The lowest BCUT2D eigenvalue weighted by atomic mass is 10.1. The SMILES string of the molecule is Cc1ccccc1N1CCN(c2ccc(C(=O)NCCCN3CCCC3=O)cc2NC(=O)c2coc(C3CC3)n2)CC1=O. The van der Waals surface area contributed by atoms with Crippen LogP contribution >= 0.6 is 0 Å². The molecule has 1 saturated carbocycles. The van der Waals surface area contributed by atoms with Crippen LogP contribution in [0.2, 0.25) is 0 Å². The fourth-order valence-corrected chi connectivity index (χ4v) is 5.66. The summed E-state index contributed by atoms with van der Waals surface area (Å²) in [5.74, 6) is 0.205. The molecule has 2 saturated heterocycles. The minimum Gasteiger partial charge on any atom is -0.448 e. The summed E-state index contributed by atoms with van der Waals surface area (Å²) in [5.41, 5.74) is 3.51. The standard InChI is InChI=1S/C32H36N6O5/c1-21-6-2-3-7-26(21)38-17-16-37(19-29(38)40)27-12-11-23(30(41)33-13-5-15-36-14-4-8-28(36)39)18-24(27)34-31(42)25-20-43-32(35-25)22-9-10-22/h2-3,6-7,11-12,18,20,22H,4-5,8-10,13-17,19H2,1H3,(H,33,41)(H,34,42). The molecule has 0 atom stereocenters. The second-order valence-electron chi connectivity index (χ2n) is 11.4. The zero-order valence-electron chi connectivity index (χ0n) is 24.3. The molecule has 43 heavy (non-hydrogen) atoms. The van der Waals surface area contributed by atoms with Crippen molar-refractivity contribution in [3.05, 3.63) is 71.4 Å². The van der Waals surface area contributed by atoms with Crippen LogP contribution in [-0.2, 0) is 9.59 Å². The smallest absolute Gasteiger partial charge is 0.277 e. The molecule has 0 spiro atoms. The number of aryl methyl sites for hydroxylation is 1. The van der Waals surface area contributed by atoms with Crippen molar-refractivity contribution >= 4 is 40.7 Å². The van der Waals surface area contributed by atoms with Crippen LogP contribution in [0, 0.1) is 6.92 Å². The van der Waals surface area contributed by atoms with Crippen molar-refractivity contribution in [1.82, 2.24) is 15.2 Å². The molecular weight excluding hydrogens is 548 g/mol. The Hall–Kier alpha value is -4.67. The van der Waals surface area contributed by atoms with Crippen LogP contribution in [-0.4, -0.2) is 72.8 Å². The number of benzene rings is 2. The summed E-state index contributed by atoms with van der Waals surface area (Å²) >= 11 is 0. The Balaban J connectivity index is 1.18. The summed E-state index contributed by atoms with van der Waals surface area (Å²) in [6.07, 6.45) is 5.49. The van der Waals surface area contributed by atoms with Crippen molar-refractivity contribution in [1.29, 1.82) is 0 Å². The number of oxazole rings is 1. The topological polar surface area (TPSA) is 128 Å². The molecule has 3 fully saturated rings. The van der Waals surface area contributed by atoms with Gasteiger partial charge in [0.2, 0.25) is 11.8 Å². The van der Waals surface area contributed by atoms with Crippen LogP contribution < -0.4 is 20.4 Å². The maximum absolute atomic E-state index is 13.3. The highest BCUT2D eigenvalue weighted by Crippen LogP contribution is 2.39. The van der Waals surface area contributed by atoms with Crippen LogP contribution in [0.15, 0.2) is 53.1 Å². The first-order valence-corrected chi connectivity index (χ1v) is 14.9. The van der Waals surface area contributed by atoms with E-state index in [1.807, 2.05) is 41.0 Å². The van der Waals surface area contributed by atoms with E-state index >= 15 is 0 Å². The van der Waals surface area contributed by atoms with Gasteiger partial charge in [0.05, 0.1) is 17.9 Å². The summed E-state index contributed by atoms with van der Waals surface area (Å²) in [4.78, 5) is 61.3. The van der Waals surface area contributed by atoms with Gasteiger partial charge in [0.15, 0.2) is 11.6 Å². The van der Waals surface area contributed by atoms with Crippen LogP contribution in [0.25, 0.3) is 0 Å². The molecule has 0 bridgehead atoms. The van der Waals surface area contributed by atoms with Gasteiger partial charge in [-0.15, -0.1) is 0 Å². The number of piperazine rings is 1. The fraction of sp³-hybridized carbons (Fsp3) is 0.406. The fourth-order valence-electron chi connectivity index (χ4n) is 5.66. The van der Waals surface area contributed by atoms with Gasteiger partial charge >= 0.3 is 0 Å². The molecule has 3 aromatic rings. The largest absolute Gasteiger partial charge is 0.448 e. The molecule has 3 heterocycles. The van der Waals surface area contributed by atoms with E-state index in [-0.39, 0.29) is 35.9 Å². The summed E-state index contributed by atoms with van der Waals surface area (Å²) in [6, 6.07) is 12.9. The number of amides is 4. The van der Waals surface area contributed by atoms with E-state index in [9.17, 15) is 19.2 Å². The molecule has 4 amide bonds. The van der Waals surface area contributed by atoms with Crippen molar-refractivity contribution in [2.45, 2.75) is 44.9 Å². The molecule has 2 aromatic carbocycles. The first-order chi connectivity index (χ1) is 20.9. The van der Waals surface area contributed by atoms with Gasteiger partial charge < -0.3 is 29.8 Å². The van der Waals surface area contributed by atoms with Gasteiger partial charge in [0.1, 0.15) is 6.26 Å². The molecule has 2 aliphatic heterocycles. The Morgan fingerprint density at radius 3 is 2.58 bits per heavy atom. The molecule has 11 heteroatoms. The van der Waals surface area contributed by atoms with Crippen molar-refractivity contribution in [3.63, 3.8) is 0 Å². The summed E-state index contributed by atoms with van der Waals surface area (Å²) in [7, 11) is 0. The quantitative estimate of drug-likeness (QED) is 0.348. The van der Waals surface area contributed by atoms with Gasteiger partial charge in [0, 0.05) is 56.3 Å². The number of anilines is 3. The van der Waals surface area contributed by atoms with Crippen LogP contribution in [0.3, 0.4) is 0 Å². The number of para-hydroxylation sites is 1. The first-order valence-electron chi connectivity index (χ1n) is 14.9. The van der Waals surface area contributed by atoms with Crippen molar-refractivity contribution in [2.24, 2.45) is 0 Å². The van der Waals surface area contributed by atoms with Crippen LogP contribution in [0.5, 0.6) is 0 Å². The van der Waals surface area contributed by atoms with Gasteiger partial charge in [-0.3, -0.25) is 19.2 Å². The molecule has 3 aliphatic rings. The van der Waals surface area contributed by atoms with Gasteiger partial charge in [-0.05, 0) is 62.4 Å². The molecule has 2 N–H and O–H groups in total. The second kappa shape index (κ2) is 12.3. The predicted octanol–water partition coefficient (Wildman–Crippen LogP) is 3.71. The summed E-state index contributed by atoms with van der Waals surface area (Å²) < 4.78 is 5.51. The number of nitrogens with one attached hydrogen (secondary N) is 2. The number of carbonyl (C=O) groups excluding carboxylic acids is 4. The second-order valence-corrected chi connectivity index (χ2v) is 11.4. The molecule has 11 nitrogen and oxygen atoms in total. The van der Waals surface area contributed by atoms with E-state index in [2.05, 4.69) is 15.6 Å². The first kappa shape index (κ1) is 28.4. The molecular formula is C32H36N6O5. The average Bonchev–Trinajstić information content (AvgIpc) is 3.59.